The highest BCUT2D eigenvalue weighted by Crippen LogP contribution is 2.19. The molecule has 5 nitrogen and oxygen atoms in total. The molecule has 0 N–H and O–H groups in total. The van der Waals surface area contributed by atoms with Crippen molar-refractivity contribution < 1.29 is 18.7 Å². The van der Waals surface area contributed by atoms with Crippen molar-refractivity contribution in [1.29, 1.82) is 0 Å². The highest BCUT2D eigenvalue weighted by Gasteiger charge is 2.16. The standard InChI is InChI=1S/C24H18FNO4/c25-17-10-12-18(13-11-17)26-16-22(20-8-4-5-9-21(20)23(26)27)24(28)30-15-14-29-19-6-2-1-3-7-19/h1-13,16H,14-15H2. The van der Waals surface area contributed by atoms with Crippen molar-refractivity contribution in [3.05, 3.63) is 107 Å². The van der Waals surface area contributed by atoms with E-state index >= 15 is 0 Å². The van der Waals surface area contributed by atoms with E-state index < -0.39 is 11.8 Å². The number of halogens is 1. The lowest BCUT2D eigenvalue weighted by molar-refractivity contribution is 0.0452. The molecule has 0 unspecified atom stereocenters. The number of para-hydroxylation sites is 1. The maximum absolute atomic E-state index is 13.3. The summed E-state index contributed by atoms with van der Waals surface area (Å²) >= 11 is 0. The summed E-state index contributed by atoms with van der Waals surface area (Å²) in [5.41, 5.74) is 0.393. The molecule has 0 aliphatic rings. The summed E-state index contributed by atoms with van der Waals surface area (Å²) in [6.45, 7) is 0.253. The Kier molecular flexibility index (Phi) is 5.57. The minimum absolute atomic E-state index is 0.0533. The Morgan fingerprint density at radius 1 is 0.833 bits per heavy atom. The Balaban J connectivity index is 1.60. The summed E-state index contributed by atoms with van der Waals surface area (Å²) in [7, 11) is 0. The topological polar surface area (TPSA) is 57.5 Å². The van der Waals surface area contributed by atoms with Crippen LogP contribution >= 0.6 is 0 Å². The number of hydrogen-bond acceptors (Lipinski definition) is 4. The van der Waals surface area contributed by atoms with E-state index in [0.717, 1.165) is 0 Å². The summed E-state index contributed by atoms with van der Waals surface area (Å²) < 4.78 is 25.5. The number of esters is 1. The highest BCUT2D eigenvalue weighted by molar-refractivity contribution is 6.04. The minimum Gasteiger partial charge on any atom is -0.490 e. The zero-order valence-electron chi connectivity index (χ0n) is 16.0. The van der Waals surface area contributed by atoms with Crippen molar-refractivity contribution >= 4 is 16.7 Å². The van der Waals surface area contributed by atoms with E-state index in [1.54, 1.807) is 24.3 Å². The molecule has 6 heteroatoms. The van der Waals surface area contributed by atoms with Crippen LogP contribution in [0.15, 0.2) is 89.9 Å². The lowest BCUT2D eigenvalue weighted by Gasteiger charge is -2.12. The van der Waals surface area contributed by atoms with Crippen LogP contribution in [0.5, 0.6) is 5.75 Å². The van der Waals surface area contributed by atoms with Gasteiger partial charge in [-0.1, -0.05) is 36.4 Å². The van der Waals surface area contributed by atoms with Gasteiger partial charge in [-0.15, -0.1) is 0 Å². The second kappa shape index (κ2) is 8.61. The quantitative estimate of drug-likeness (QED) is 0.354. The van der Waals surface area contributed by atoms with Gasteiger partial charge in [0.2, 0.25) is 0 Å². The van der Waals surface area contributed by atoms with Gasteiger partial charge in [0, 0.05) is 22.7 Å². The maximum Gasteiger partial charge on any atom is 0.340 e. The van der Waals surface area contributed by atoms with Crippen LogP contribution in [0.4, 0.5) is 4.39 Å². The van der Waals surface area contributed by atoms with Crippen LogP contribution in [-0.4, -0.2) is 23.8 Å². The summed E-state index contributed by atoms with van der Waals surface area (Å²) in [4.78, 5) is 25.7. The number of hydrogen-bond donors (Lipinski definition) is 0. The molecule has 4 aromatic rings. The second-order valence-corrected chi connectivity index (χ2v) is 6.54. The minimum atomic E-state index is -0.571. The van der Waals surface area contributed by atoms with Gasteiger partial charge in [0.1, 0.15) is 24.8 Å². The van der Waals surface area contributed by atoms with E-state index in [2.05, 4.69) is 0 Å². The predicted molar refractivity (Wildman–Crippen MR) is 112 cm³/mol. The maximum atomic E-state index is 13.3. The van der Waals surface area contributed by atoms with Crippen LogP contribution < -0.4 is 10.3 Å². The van der Waals surface area contributed by atoms with E-state index in [1.807, 2.05) is 30.3 Å². The summed E-state index contributed by atoms with van der Waals surface area (Å²) in [5.74, 6) is -0.298. The molecule has 0 aliphatic carbocycles. The van der Waals surface area contributed by atoms with Gasteiger partial charge < -0.3 is 9.47 Å². The van der Waals surface area contributed by atoms with Gasteiger partial charge in [-0.05, 0) is 42.5 Å². The molecule has 0 fully saturated rings. The number of carbonyl (C=O) groups is 1. The SMILES string of the molecule is O=C(OCCOc1ccccc1)c1cn(-c2ccc(F)cc2)c(=O)c2ccccc12. The Hall–Kier alpha value is -3.93. The predicted octanol–water partition coefficient (Wildman–Crippen LogP) is 4.37. The normalized spacial score (nSPS) is 10.7. The first-order valence-corrected chi connectivity index (χ1v) is 9.39. The largest absolute Gasteiger partial charge is 0.490 e. The molecule has 4 rings (SSSR count). The van der Waals surface area contributed by atoms with Gasteiger partial charge in [0.05, 0.1) is 5.56 Å². The zero-order chi connectivity index (χ0) is 20.9. The Morgan fingerprint density at radius 3 is 2.23 bits per heavy atom. The van der Waals surface area contributed by atoms with Crippen LogP contribution in [-0.2, 0) is 4.74 Å². The number of nitrogens with zero attached hydrogens (tertiary/aromatic N) is 1. The Bertz CT molecular complexity index is 1230. The number of benzene rings is 3. The van der Waals surface area contributed by atoms with Crippen molar-refractivity contribution in [1.82, 2.24) is 4.57 Å². The van der Waals surface area contributed by atoms with E-state index in [0.29, 0.717) is 22.2 Å². The fourth-order valence-electron chi connectivity index (χ4n) is 3.14. The molecule has 0 aliphatic heterocycles. The Morgan fingerprint density at radius 2 is 1.50 bits per heavy atom. The van der Waals surface area contributed by atoms with Gasteiger partial charge >= 0.3 is 5.97 Å². The van der Waals surface area contributed by atoms with Crippen molar-refractivity contribution in [2.75, 3.05) is 13.2 Å². The van der Waals surface area contributed by atoms with Crippen LogP contribution in [0.25, 0.3) is 16.5 Å². The number of pyridine rings is 1. The summed E-state index contributed by atoms with van der Waals surface area (Å²) in [6, 6.07) is 21.5. The molecule has 0 saturated carbocycles. The van der Waals surface area contributed by atoms with E-state index in [9.17, 15) is 14.0 Å². The zero-order valence-corrected chi connectivity index (χ0v) is 16.0. The van der Waals surface area contributed by atoms with E-state index in [-0.39, 0.29) is 24.3 Å². The van der Waals surface area contributed by atoms with Crippen LogP contribution in [0, 0.1) is 5.82 Å². The first-order valence-electron chi connectivity index (χ1n) is 9.39. The number of fused-ring (bicyclic) bond motifs is 1. The fraction of sp³-hybridized carbons (Fsp3) is 0.0833. The van der Waals surface area contributed by atoms with Gasteiger partial charge in [-0.2, -0.15) is 0 Å². The molecule has 0 spiro atoms. The van der Waals surface area contributed by atoms with Gasteiger partial charge in [0.25, 0.3) is 5.56 Å². The smallest absolute Gasteiger partial charge is 0.340 e. The lowest BCUT2D eigenvalue weighted by Crippen LogP contribution is -2.22. The molecule has 0 radical (unpaired) electrons. The average Bonchev–Trinajstić information content (AvgIpc) is 2.78. The number of carbonyl (C=O) groups excluding carboxylic acids is 1. The molecule has 1 aromatic heterocycles. The molecule has 1 heterocycles. The van der Waals surface area contributed by atoms with Crippen LogP contribution in [0.2, 0.25) is 0 Å². The molecule has 150 valence electrons. The third-order valence-corrected chi connectivity index (χ3v) is 4.58. The van der Waals surface area contributed by atoms with Gasteiger partial charge in [-0.3, -0.25) is 9.36 Å². The molecule has 0 bridgehead atoms. The third-order valence-electron chi connectivity index (χ3n) is 4.58. The monoisotopic (exact) mass is 403 g/mol. The molecule has 0 amide bonds. The molecule has 30 heavy (non-hydrogen) atoms. The molecular formula is C24H18FNO4. The molecule has 3 aromatic carbocycles. The molecule has 0 atom stereocenters. The first kappa shape index (κ1) is 19.4. The van der Waals surface area contributed by atoms with Crippen LogP contribution in [0.1, 0.15) is 10.4 Å². The van der Waals surface area contributed by atoms with E-state index in [4.69, 9.17) is 9.47 Å². The van der Waals surface area contributed by atoms with E-state index in [1.165, 1.54) is 35.0 Å². The van der Waals surface area contributed by atoms with Crippen LogP contribution in [0.3, 0.4) is 0 Å². The molecule has 0 saturated heterocycles. The number of ether oxygens (including phenoxy) is 2. The summed E-state index contributed by atoms with van der Waals surface area (Å²) in [6.07, 6.45) is 1.43. The summed E-state index contributed by atoms with van der Waals surface area (Å²) in [5, 5.41) is 0.867. The van der Waals surface area contributed by atoms with Crippen molar-refractivity contribution in [3.63, 3.8) is 0 Å². The fourth-order valence-corrected chi connectivity index (χ4v) is 3.14. The first-order chi connectivity index (χ1) is 14.6. The van der Waals surface area contributed by atoms with Gasteiger partial charge in [-0.25, -0.2) is 9.18 Å². The van der Waals surface area contributed by atoms with Gasteiger partial charge in [0.15, 0.2) is 0 Å². The number of rotatable bonds is 6. The van der Waals surface area contributed by atoms with Crippen molar-refractivity contribution in [2.45, 2.75) is 0 Å². The third kappa shape index (κ3) is 4.07. The molecular weight excluding hydrogens is 385 g/mol. The second-order valence-electron chi connectivity index (χ2n) is 6.54. The number of aromatic nitrogens is 1. The van der Waals surface area contributed by atoms with Crippen molar-refractivity contribution in [3.8, 4) is 11.4 Å². The Labute approximate surface area is 171 Å². The highest BCUT2D eigenvalue weighted by atomic mass is 19.1. The lowest BCUT2D eigenvalue weighted by atomic mass is 10.1. The van der Waals surface area contributed by atoms with Crippen molar-refractivity contribution in [2.24, 2.45) is 0 Å². The average molecular weight is 403 g/mol.